The molecule has 4 nitrogen and oxygen atoms in total. The van der Waals surface area contributed by atoms with Gasteiger partial charge in [0.1, 0.15) is 10.9 Å². The van der Waals surface area contributed by atoms with Crippen molar-refractivity contribution in [2.45, 2.75) is 6.92 Å². The van der Waals surface area contributed by atoms with E-state index in [9.17, 15) is 4.79 Å². The number of benzene rings is 1. The van der Waals surface area contributed by atoms with Gasteiger partial charge in [-0.15, -0.1) is 0 Å². The highest BCUT2D eigenvalue weighted by molar-refractivity contribution is 6.34. The second-order valence-electron chi connectivity index (χ2n) is 2.81. The van der Waals surface area contributed by atoms with Crippen LogP contribution in [0.25, 0.3) is 10.9 Å². The zero-order valence-corrected chi connectivity index (χ0v) is 8.13. The van der Waals surface area contributed by atoms with Crippen molar-refractivity contribution in [2.24, 2.45) is 0 Å². The predicted octanol–water partition coefficient (Wildman–Crippen LogP) is 2.14. The summed E-state index contributed by atoms with van der Waals surface area (Å²) in [5, 5.41) is 7.75. The molecule has 0 saturated carbocycles. The lowest BCUT2D eigenvalue weighted by atomic mass is 10.2. The van der Waals surface area contributed by atoms with E-state index in [0.717, 1.165) is 10.9 Å². The largest absolute Gasteiger partial charge is 0.427 e. The van der Waals surface area contributed by atoms with Gasteiger partial charge in [0.05, 0.1) is 5.52 Å². The molecule has 0 aliphatic carbocycles. The fourth-order valence-corrected chi connectivity index (χ4v) is 1.38. The van der Waals surface area contributed by atoms with Crippen LogP contribution in [0.5, 0.6) is 5.75 Å². The monoisotopic (exact) mass is 210 g/mol. The number of nitrogens with zero attached hydrogens (tertiary/aromatic N) is 1. The SMILES string of the molecule is CC(=O)Oc1ccc2n[nH]c(Cl)c2c1. The summed E-state index contributed by atoms with van der Waals surface area (Å²) in [6, 6.07) is 5.07. The summed E-state index contributed by atoms with van der Waals surface area (Å²) in [6.07, 6.45) is 0. The summed E-state index contributed by atoms with van der Waals surface area (Å²) >= 11 is 5.82. The number of aromatic nitrogens is 2. The van der Waals surface area contributed by atoms with Gasteiger partial charge in [0.25, 0.3) is 0 Å². The lowest BCUT2D eigenvalue weighted by Gasteiger charge is -1.99. The Kier molecular flexibility index (Phi) is 2.13. The highest BCUT2D eigenvalue weighted by Crippen LogP contribution is 2.24. The van der Waals surface area contributed by atoms with Gasteiger partial charge >= 0.3 is 5.97 Å². The maximum atomic E-state index is 10.7. The molecule has 0 bridgehead atoms. The van der Waals surface area contributed by atoms with Crippen LogP contribution in [0.4, 0.5) is 0 Å². The standard InChI is InChI=1S/C9H7ClN2O2/c1-5(13)14-6-2-3-8-7(4-6)9(10)12-11-8/h2-4H,1H3,(H,11,12). The number of carbonyl (C=O) groups excluding carboxylic acids is 1. The average molecular weight is 211 g/mol. The van der Waals surface area contributed by atoms with E-state index >= 15 is 0 Å². The van der Waals surface area contributed by atoms with E-state index in [1.54, 1.807) is 18.2 Å². The molecule has 1 aromatic carbocycles. The summed E-state index contributed by atoms with van der Waals surface area (Å²) in [7, 11) is 0. The minimum absolute atomic E-state index is 0.357. The second kappa shape index (κ2) is 3.31. The molecule has 0 spiro atoms. The molecule has 0 saturated heterocycles. The van der Waals surface area contributed by atoms with Crippen LogP contribution in [0, 0.1) is 0 Å². The second-order valence-corrected chi connectivity index (χ2v) is 3.19. The molecule has 0 aliphatic heterocycles. The normalized spacial score (nSPS) is 10.4. The van der Waals surface area contributed by atoms with Crippen molar-refractivity contribution in [3.05, 3.63) is 23.4 Å². The van der Waals surface area contributed by atoms with Crippen molar-refractivity contribution in [3.8, 4) is 5.75 Å². The number of ether oxygens (including phenoxy) is 1. The highest BCUT2D eigenvalue weighted by Gasteiger charge is 2.05. The number of rotatable bonds is 1. The first-order valence-corrected chi connectivity index (χ1v) is 4.36. The molecule has 0 unspecified atom stereocenters. The van der Waals surface area contributed by atoms with Crippen LogP contribution in [-0.4, -0.2) is 16.2 Å². The molecule has 0 radical (unpaired) electrons. The molecule has 1 N–H and O–H groups in total. The predicted molar refractivity (Wildman–Crippen MR) is 52.4 cm³/mol. The van der Waals surface area contributed by atoms with Gasteiger partial charge < -0.3 is 4.74 Å². The Hall–Kier alpha value is -1.55. The minimum atomic E-state index is -0.357. The summed E-state index contributed by atoms with van der Waals surface area (Å²) < 4.78 is 4.91. The molecular formula is C9H7ClN2O2. The van der Waals surface area contributed by atoms with Crippen LogP contribution < -0.4 is 4.74 Å². The van der Waals surface area contributed by atoms with Crippen molar-refractivity contribution in [2.75, 3.05) is 0 Å². The molecule has 0 amide bonds. The molecule has 0 atom stereocenters. The Bertz CT molecular complexity index is 493. The Labute approximate surface area is 84.8 Å². The van der Waals surface area contributed by atoms with Gasteiger partial charge in [-0.25, -0.2) is 0 Å². The van der Waals surface area contributed by atoms with Crippen molar-refractivity contribution < 1.29 is 9.53 Å². The van der Waals surface area contributed by atoms with Gasteiger partial charge in [0, 0.05) is 12.3 Å². The minimum Gasteiger partial charge on any atom is -0.427 e. The molecule has 5 heteroatoms. The molecule has 1 heterocycles. The number of aromatic amines is 1. The van der Waals surface area contributed by atoms with Crippen LogP contribution in [-0.2, 0) is 4.79 Å². The Morgan fingerprint density at radius 3 is 3.07 bits per heavy atom. The smallest absolute Gasteiger partial charge is 0.308 e. The Morgan fingerprint density at radius 1 is 1.57 bits per heavy atom. The van der Waals surface area contributed by atoms with Crippen molar-refractivity contribution in [1.82, 2.24) is 10.2 Å². The first-order valence-electron chi connectivity index (χ1n) is 3.99. The maximum Gasteiger partial charge on any atom is 0.308 e. The molecule has 14 heavy (non-hydrogen) atoms. The first kappa shape index (κ1) is 9.02. The van der Waals surface area contributed by atoms with Gasteiger partial charge in [-0.1, -0.05) is 11.6 Å². The van der Waals surface area contributed by atoms with E-state index in [1.165, 1.54) is 6.92 Å². The number of nitrogens with one attached hydrogen (secondary N) is 1. The third-order valence-corrected chi connectivity index (χ3v) is 2.03. The van der Waals surface area contributed by atoms with E-state index in [0.29, 0.717) is 10.9 Å². The lowest BCUT2D eigenvalue weighted by molar-refractivity contribution is -0.131. The van der Waals surface area contributed by atoms with E-state index in [-0.39, 0.29) is 5.97 Å². The number of halogens is 1. The Morgan fingerprint density at radius 2 is 2.36 bits per heavy atom. The summed E-state index contributed by atoms with van der Waals surface area (Å²) in [6.45, 7) is 1.35. The topological polar surface area (TPSA) is 55.0 Å². The number of hydrogen-bond acceptors (Lipinski definition) is 3. The van der Waals surface area contributed by atoms with Crippen molar-refractivity contribution in [3.63, 3.8) is 0 Å². The molecule has 2 rings (SSSR count). The third kappa shape index (κ3) is 1.56. The van der Waals surface area contributed by atoms with Gasteiger partial charge in [0.15, 0.2) is 0 Å². The number of esters is 1. The lowest BCUT2D eigenvalue weighted by Crippen LogP contribution is -2.00. The van der Waals surface area contributed by atoms with Crippen LogP contribution in [0.15, 0.2) is 18.2 Å². The number of fused-ring (bicyclic) bond motifs is 1. The summed E-state index contributed by atoms with van der Waals surface area (Å²) in [4.78, 5) is 10.7. The molecule has 72 valence electrons. The summed E-state index contributed by atoms with van der Waals surface area (Å²) in [5.74, 6) is 0.109. The molecular weight excluding hydrogens is 204 g/mol. The molecule has 0 aliphatic rings. The van der Waals surface area contributed by atoms with Gasteiger partial charge in [0.2, 0.25) is 0 Å². The van der Waals surface area contributed by atoms with Crippen LogP contribution in [0.3, 0.4) is 0 Å². The molecule has 1 aromatic heterocycles. The zero-order valence-electron chi connectivity index (χ0n) is 7.37. The van der Waals surface area contributed by atoms with Gasteiger partial charge in [-0.3, -0.25) is 9.89 Å². The first-order chi connectivity index (χ1) is 6.66. The number of H-pyrrole nitrogens is 1. The summed E-state index contributed by atoms with van der Waals surface area (Å²) in [5.41, 5.74) is 0.742. The maximum absolute atomic E-state index is 10.7. The van der Waals surface area contributed by atoms with E-state index in [4.69, 9.17) is 16.3 Å². The van der Waals surface area contributed by atoms with E-state index < -0.39 is 0 Å². The quantitative estimate of drug-likeness (QED) is 0.580. The fourth-order valence-electron chi connectivity index (χ4n) is 1.19. The van der Waals surface area contributed by atoms with Gasteiger partial charge in [-0.05, 0) is 18.2 Å². The van der Waals surface area contributed by atoms with E-state index in [1.807, 2.05) is 0 Å². The van der Waals surface area contributed by atoms with Crippen LogP contribution in [0.2, 0.25) is 5.15 Å². The number of carbonyl (C=O) groups is 1. The molecule has 0 fully saturated rings. The van der Waals surface area contributed by atoms with Crippen LogP contribution >= 0.6 is 11.6 Å². The van der Waals surface area contributed by atoms with Crippen LogP contribution in [0.1, 0.15) is 6.92 Å². The van der Waals surface area contributed by atoms with Crippen molar-refractivity contribution >= 4 is 28.5 Å². The number of hydrogen-bond donors (Lipinski definition) is 1. The van der Waals surface area contributed by atoms with Crippen molar-refractivity contribution in [1.29, 1.82) is 0 Å². The highest BCUT2D eigenvalue weighted by atomic mass is 35.5. The average Bonchev–Trinajstić information content (AvgIpc) is 2.47. The fraction of sp³-hybridized carbons (Fsp3) is 0.111. The van der Waals surface area contributed by atoms with Gasteiger partial charge in [-0.2, -0.15) is 5.10 Å². The Balaban J connectivity index is 2.49. The van der Waals surface area contributed by atoms with E-state index in [2.05, 4.69) is 10.2 Å². The zero-order chi connectivity index (χ0) is 10.1. The molecule has 2 aromatic rings. The third-order valence-electron chi connectivity index (χ3n) is 1.74.